The van der Waals surface area contributed by atoms with Crippen molar-refractivity contribution in [1.29, 1.82) is 0 Å². The molecule has 0 bridgehead atoms. The minimum Gasteiger partial charge on any atom is -0.478 e. The minimum atomic E-state index is -1.22. The fraction of sp³-hybridized carbons (Fsp3) is 0.200. The SMILES string of the molecule is CCCn1cccc1C(=O)Nc1ccc(C(=O)O)cc1F. The van der Waals surface area contributed by atoms with Gasteiger partial charge in [0.25, 0.3) is 5.91 Å². The molecular formula is C15H15FN2O3. The molecule has 1 aromatic heterocycles. The summed E-state index contributed by atoms with van der Waals surface area (Å²) in [6, 6.07) is 6.75. The van der Waals surface area contributed by atoms with E-state index in [-0.39, 0.29) is 11.3 Å². The summed E-state index contributed by atoms with van der Waals surface area (Å²) in [7, 11) is 0. The van der Waals surface area contributed by atoms with Gasteiger partial charge in [0.2, 0.25) is 0 Å². The fourth-order valence-corrected chi connectivity index (χ4v) is 1.99. The van der Waals surface area contributed by atoms with Gasteiger partial charge >= 0.3 is 5.97 Å². The predicted octanol–water partition coefficient (Wildman–Crippen LogP) is 2.99. The van der Waals surface area contributed by atoms with Gasteiger partial charge in [-0.2, -0.15) is 0 Å². The number of hydrogen-bond donors (Lipinski definition) is 2. The van der Waals surface area contributed by atoms with Gasteiger partial charge < -0.3 is 15.0 Å². The summed E-state index contributed by atoms with van der Waals surface area (Å²) in [6.07, 6.45) is 2.65. The molecule has 0 aliphatic carbocycles. The number of benzene rings is 1. The van der Waals surface area contributed by atoms with Gasteiger partial charge in [0.05, 0.1) is 11.3 Å². The number of carbonyl (C=O) groups excluding carboxylic acids is 1. The predicted molar refractivity (Wildman–Crippen MR) is 76.0 cm³/mol. The topological polar surface area (TPSA) is 71.3 Å². The summed E-state index contributed by atoms with van der Waals surface area (Å²) < 4.78 is 15.6. The van der Waals surface area contributed by atoms with Crippen molar-refractivity contribution in [2.45, 2.75) is 19.9 Å². The summed E-state index contributed by atoms with van der Waals surface area (Å²) >= 11 is 0. The maximum atomic E-state index is 13.8. The van der Waals surface area contributed by atoms with Crippen LogP contribution < -0.4 is 5.32 Å². The lowest BCUT2D eigenvalue weighted by molar-refractivity contribution is 0.0696. The number of rotatable bonds is 5. The molecule has 2 N–H and O–H groups in total. The van der Waals surface area contributed by atoms with Gasteiger partial charge in [0.15, 0.2) is 0 Å². The molecule has 0 saturated carbocycles. The quantitative estimate of drug-likeness (QED) is 0.889. The van der Waals surface area contributed by atoms with Crippen LogP contribution in [0.1, 0.15) is 34.2 Å². The molecule has 1 aromatic carbocycles. The van der Waals surface area contributed by atoms with E-state index in [0.29, 0.717) is 12.2 Å². The van der Waals surface area contributed by atoms with Crippen LogP contribution >= 0.6 is 0 Å². The molecule has 0 saturated heterocycles. The first-order valence-electron chi connectivity index (χ1n) is 6.52. The molecule has 0 unspecified atom stereocenters. The van der Waals surface area contributed by atoms with Crippen molar-refractivity contribution in [1.82, 2.24) is 4.57 Å². The Hall–Kier alpha value is -2.63. The highest BCUT2D eigenvalue weighted by Gasteiger charge is 2.14. The lowest BCUT2D eigenvalue weighted by Crippen LogP contribution is -2.17. The Morgan fingerprint density at radius 1 is 1.33 bits per heavy atom. The van der Waals surface area contributed by atoms with Gasteiger partial charge in [0, 0.05) is 12.7 Å². The number of carbonyl (C=O) groups is 2. The van der Waals surface area contributed by atoms with Crippen molar-refractivity contribution in [3.8, 4) is 0 Å². The standard InChI is InChI=1S/C15H15FN2O3/c1-2-7-18-8-3-4-13(18)14(19)17-12-6-5-10(15(20)21)9-11(12)16/h3-6,8-9H,2,7H2,1H3,(H,17,19)(H,20,21). The van der Waals surface area contributed by atoms with Crippen LogP contribution in [0.15, 0.2) is 36.5 Å². The molecule has 2 aromatic rings. The zero-order valence-corrected chi connectivity index (χ0v) is 11.5. The average molecular weight is 290 g/mol. The summed E-state index contributed by atoms with van der Waals surface area (Å²) in [6.45, 7) is 2.68. The second-order valence-electron chi connectivity index (χ2n) is 4.54. The van der Waals surface area contributed by atoms with Crippen LogP contribution in [0.3, 0.4) is 0 Å². The minimum absolute atomic E-state index is 0.0470. The van der Waals surface area contributed by atoms with Crippen LogP contribution in [0.25, 0.3) is 0 Å². The van der Waals surface area contributed by atoms with E-state index < -0.39 is 17.7 Å². The third kappa shape index (κ3) is 3.28. The fourth-order valence-electron chi connectivity index (χ4n) is 1.99. The number of halogens is 1. The van der Waals surface area contributed by atoms with Gasteiger partial charge in [-0.1, -0.05) is 6.92 Å². The number of amides is 1. The van der Waals surface area contributed by atoms with Gasteiger partial charge in [-0.05, 0) is 36.8 Å². The van der Waals surface area contributed by atoms with Crippen molar-refractivity contribution in [3.63, 3.8) is 0 Å². The molecule has 0 fully saturated rings. The number of aryl methyl sites for hydroxylation is 1. The van der Waals surface area contributed by atoms with Crippen molar-refractivity contribution in [2.75, 3.05) is 5.32 Å². The first kappa shape index (κ1) is 14.8. The molecule has 1 amide bonds. The second kappa shape index (κ2) is 6.21. The number of aromatic carboxylic acids is 1. The van der Waals surface area contributed by atoms with Crippen LogP contribution in [-0.4, -0.2) is 21.6 Å². The molecule has 0 aliphatic heterocycles. The Kier molecular flexibility index (Phi) is 4.37. The number of hydrogen-bond acceptors (Lipinski definition) is 2. The van der Waals surface area contributed by atoms with Crippen LogP contribution in [0, 0.1) is 5.82 Å². The summed E-state index contributed by atoms with van der Waals surface area (Å²) in [5.41, 5.74) is 0.215. The second-order valence-corrected chi connectivity index (χ2v) is 4.54. The molecule has 6 heteroatoms. The molecule has 2 rings (SSSR count). The number of aromatic nitrogens is 1. The summed E-state index contributed by atoms with van der Waals surface area (Å²) in [4.78, 5) is 22.9. The smallest absolute Gasteiger partial charge is 0.335 e. The van der Waals surface area contributed by atoms with E-state index in [1.165, 1.54) is 12.1 Å². The number of carboxylic acid groups (broad SMARTS) is 1. The van der Waals surface area contributed by atoms with E-state index in [0.717, 1.165) is 12.5 Å². The Balaban J connectivity index is 2.19. The Bertz CT molecular complexity index is 679. The monoisotopic (exact) mass is 290 g/mol. The lowest BCUT2D eigenvalue weighted by atomic mass is 10.2. The van der Waals surface area contributed by atoms with E-state index in [1.54, 1.807) is 22.9 Å². The summed E-state index contributed by atoms with van der Waals surface area (Å²) in [5, 5.41) is 11.2. The molecule has 0 aliphatic rings. The van der Waals surface area contributed by atoms with E-state index in [9.17, 15) is 14.0 Å². The Labute approximate surface area is 121 Å². The highest BCUT2D eigenvalue weighted by Crippen LogP contribution is 2.17. The highest BCUT2D eigenvalue weighted by atomic mass is 19.1. The van der Waals surface area contributed by atoms with Crippen molar-refractivity contribution in [3.05, 3.63) is 53.6 Å². The largest absolute Gasteiger partial charge is 0.478 e. The van der Waals surface area contributed by atoms with Crippen molar-refractivity contribution in [2.24, 2.45) is 0 Å². The molecule has 0 spiro atoms. The zero-order chi connectivity index (χ0) is 15.4. The number of anilines is 1. The van der Waals surface area contributed by atoms with Crippen LogP contribution in [0.5, 0.6) is 0 Å². The third-order valence-corrected chi connectivity index (χ3v) is 2.99. The molecule has 110 valence electrons. The van der Waals surface area contributed by atoms with E-state index in [1.807, 2.05) is 6.92 Å². The van der Waals surface area contributed by atoms with Gasteiger partial charge in [0.1, 0.15) is 11.5 Å². The molecular weight excluding hydrogens is 275 g/mol. The van der Waals surface area contributed by atoms with Gasteiger partial charge in [-0.25, -0.2) is 9.18 Å². The lowest BCUT2D eigenvalue weighted by Gasteiger charge is -2.09. The van der Waals surface area contributed by atoms with Crippen LogP contribution in [0.4, 0.5) is 10.1 Å². The first-order chi connectivity index (χ1) is 10.0. The molecule has 21 heavy (non-hydrogen) atoms. The maximum absolute atomic E-state index is 13.8. The molecule has 0 atom stereocenters. The Morgan fingerprint density at radius 2 is 2.10 bits per heavy atom. The van der Waals surface area contributed by atoms with E-state index in [4.69, 9.17) is 5.11 Å². The normalized spacial score (nSPS) is 10.4. The van der Waals surface area contributed by atoms with E-state index in [2.05, 4.69) is 5.32 Å². The number of nitrogens with zero attached hydrogens (tertiary/aromatic N) is 1. The molecule has 0 radical (unpaired) electrons. The maximum Gasteiger partial charge on any atom is 0.335 e. The summed E-state index contributed by atoms with van der Waals surface area (Å²) in [5.74, 6) is -2.43. The number of nitrogens with one attached hydrogen (secondary N) is 1. The van der Waals surface area contributed by atoms with E-state index >= 15 is 0 Å². The van der Waals surface area contributed by atoms with Gasteiger partial charge in [-0.15, -0.1) is 0 Å². The van der Waals surface area contributed by atoms with Crippen LogP contribution in [0.2, 0.25) is 0 Å². The van der Waals surface area contributed by atoms with Crippen molar-refractivity contribution < 1.29 is 19.1 Å². The van der Waals surface area contributed by atoms with Crippen LogP contribution in [-0.2, 0) is 6.54 Å². The average Bonchev–Trinajstić information content (AvgIpc) is 2.89. The van der Waals surface area contributed by atoms with Gasteiger partial charge in [-0.3, -0.25) is 4.79 Å². The Morgan fingerprint density at radius 3 is 2.71 bits per heavy atom. The molecule has 1 heterocycles. The third-order valence-electron chi connectivity index (χ3n) is 2.99. The number of carboxylic acids is 1. The molecule has 5 nitrogen and oxygen atoms in total. The zero-order valence-electron chi connectivity index (χ0n) is 11.5. The highest BCUT2D eigenvalue weighted by molar-refractivity contribution is 6.03. The van der Waals surface area contributed by atoms with Crippen molar-refractivity contribution >= 4 is 17.6 Å². The first-order valence-corrected chi connectivity index (χ1v) is 6.52.